The van der Waals surface area contributed by atoms with Gasteiger partial charge in [-0.15, -0.1) is 0 Å². The van der Waals surface area contributed by atoms with Crippen LogP contribution in [0, 0.1) is 0 Å². The minimum absolute atomic E-state index is 0.0311. The number of piperidine rings is 1. The van der Waals surface area contributed by atoms with Crippen molar-refractivity contribution in [1.29, 1.82) is 0 Å². The van der Waals surface area contributed by atoms with E-state index in [0.29, 0.717) is 6.42 Å². The first-order valence-electron chi connectivity index (χ1n) is 6.76. The normalized spacial score (nSPS) is 21.4. The molecule has 19 heavy (non-hydrogen) atoms. The van der Waals surface area contributed by atoms with Crippen LogP contribution in [0.4, 0.5) is 0 Å². The highest BCUT2D eigenvalue weighted by molar-refractivity contribution is 7.91. The Hall–Kier alpha value is -0.180. The minimum atomic E-state index is -3.37. The lowest BCUT2D eigenvalue weighted by Crippen LogP contribution is -2.38. The first-order valence-corrected chi connectivity index (χ1v) is 10.2. The van der Waals surface area contributed by atoms with Crippen molar-refractivity contribution in [2.75, 3.05) is 30.3 Å². The quantitative estimate of drug-likeness (QED) is 0.651. The number of rotatable bonds is 8. The standard InChI is InChI=1S/C11H24N2O4S2/c1-2-18(14,15)10-8-13-19(16,17)9-6-11-5-3-4-7-12-11/h11-13H,2-10H2,1H3. The molecular formula is C11H24N2O4S2. The topological polar surface area (TPSA) is 92.3 Å². The van der Waals surface area contributed by atoms with Crippen molar-refractivity contribution in [1.82, 2.24) is 10.0 Å². The fourth-order valence-corrected chi connectivity index (χ4v) is 4.02. The van der Waals surface area contributed by atoms with E-state index in [4.69, 9.17) is 0 Å². The van der Waals surface area contributed by atoms with E-state index in [1.54, 1.807) is 6.92 Å². The number of sulfonamides is 1. The number of hydrogen-bond acceptors (Lipinski definition) is 5. The molecule has 114 valence electrons. The van der Waals surface area contributed by atoms with Crippen LogP contribution in [0.5, 0.6) is 0 Å². The second-order valence-electron chi connectivity index (χ2n) is 4.89. The molecule has 2 N–H and O–H groups in total. The Kier molecular flexibility index (Phi) is 6.72. The minimum Gasteiger partial charge on any atom is -0.314 e. The Labute approximate surface area is 116 Å². The molecule has 0 aromatic heterocycles. The van der Waals surface area contributed by atoms with Gasteiger partial charge in [-0.2, -0.15) is 0 Å². The van der Waals surface area contributed by atoms with Crippen molar-refractivity contribution >= 4 is 19.9 Å². The van der Waals surface area contributed by atoms with E-state index in [9.17, 15) is 16.8 Å². The van der Waals surface area contributed by atoms with Gasteiger partial charge in [0.25, 0.3) is 0 Å². The molecule has 1 heterocycles. The van der Waals surface area contributed by atoms with Crippen molar-refractivity contribution < 1.29 is 16.8 Å². The van der Waals surface area contributed by atoms with Gasteiger partial charge < -0.3 is 5.32 Å². The van der Waals surface area contributed by atoms with Crippen LogP contribution in [0.3, 0.4) is 0 Å². The number of nitrogens with one attached hydrogen (secondary N) is 2. The van der Waals surface area contributed by atoms with E-state index in [2.05, 4.69) is 10.0 Å². The van der Waals surface area contributed by atoms with Gasteiger partial charge in [-0.3, -0.25) is 0 Å². The molecule has 0 bridgehead atoms. The third-order valence-electron chi connectivity index (χ3n) is 3.32. The largest absolute Gasteiger partial charge is 0.314 e. The fraction of sp³-hybridized carbons (Fsp3) is 1.00. The number of hydrogen-bond donors (Lipinski definition) is 2. The number of sulfone groups is 1. The molecule has 1 unspecified atom stereocenters. The van der Waals surface area contributed by atoms with Crippen LogP contribution in [-0.4, -0.2) is 53.2 Å². The summed E-state index contributed by atoms with van der Waals surface area (Å²) in [6, 6.07) is 0.268. The highest BCUT2D eigenvalue weighted by atomic mass is 32.2. The maximum Gasteiger partial charge on any atom is 0.211 e. The maximum absolute atomic E-state index is 11.7. The zero-order valence-electron chi connectivity index (χ0n) is 11.4. The Morgan fingerprint density at radius 2 is 1.89 bits per heavy atom. The molecule has 0 aromatic carbocycles. The van der Waals surface area contributed by atoms with Crippen LogP contribution in [0.2, 0.25) is 0 Å². The van der Waals surface area contributed by atoms with Crippen LogP contribution >= 0.6 is 0 Å². The summed E-state index contributed by atoms with van der Waals surface area (Å²) in [6.45, 7) is 2.47. The Morgan fingerprint density at radius 1 is 1.16 bits per heavy atom. The van der Waals surface area contributed by atoms with Gasteiger partial charge in [-0.1, -0.05) is 13.3 Å². The van der Waals surface area contributed by atoms with Gasteiger partial charge in [0.2, 0.25) is 10.0 Å². The molecule has 8 heteroatoms. The summed E-state index contributed by atoms with van der Waals surface area (Å²) in [7, 11) is -6.48. The second kappa shape index (κ2) is 7.56. The van der Waals surface area contributed by atoms with Gasteiger partial charge in [0.05, 0.1) is 11.5 Å². The van der Waals surface area contributed by atoms with Crippen molar-refractivity contribution in [3.05, 3.63) is 0 Å². The van der Waals surface area contributed by atoms with Gasteiger partial charge in [0, 0.05) is 18.3 Å². The fourth-order valence-electron chi connectivity index (χ4n) is 2.04. The summed E-state index contributed by atoms with van der Waals surface area (Å²) < 4.78 is 48.3. The molecule has 0 spiro atoms. The van der Waals surface area contributed by atoms with E-state index in [1.165, 1.54) is 0 Å². The van der Waals surface area contributed by atoms with Crippen LogP contribution in [0.1, 0.15) is 32.6 Å². The molecule has 1 rings (SSSR count). The van der Waals surface area contributed by atoms with Gasteiger partial charge in [0.1, 0.15) is 0 Å². The monoisotopic (exact) mass is 312 g/mol. The Morgan fingerprint density at radius 3 is 2.47 bits per heavy atom. The lowest BCUT2D eigenvalue weighted by Gasteiger charge is -2.23. The molecule has 0 amide bonds. The molecule has 0 radical (unpaired) electrons. The van der Waals surface area contributed by atoms with E-state index >= 15 is 0 Å². The highest BCUT2D eigenvalue weighted by Crippen LogP contribution is 2.10. The van der Waals surface area contributed by atoms with Gasteiger partial charge in [-0.05, 0) is 25.8 Å². The van der Waals surface area contributed by atoms with Crippen molar-refractivity contribution in [2.24, 2.45) is 0 Å². The highest BCUT2D eigenvalue weighted by Gasteiger charge is 2.17. The summed E-state index contributed by atoms with van der Waals surface area (Å²) in [5.74, 6) is -0.0397. The molecule has 1 aliphatic heterocycles. The van der Waals surface area contributed by atoms with Crippen molar-refractivity contribution in [3.8, 4) is 0 Å². The zero-order chi connectivity index (χ0) is 14.4. The summed E-state index contributed by atoms with van der Waals surface area (Å²) in [5.41, 5.74) is 0. The summed E-state index contributed by atoms with van der Waals surface area (Å²) in [5, 5.41) is 3.29. The smallest absolute Gasteiger partial charge is 0.211 e. The molecule has 1 atom stereocenters. The Balaban J connectivity index is 2.27. The van der Waals surface area contributed by atoms with Crippen molar-refractivity contribution in [2.45, 2.75) is 38.6 Å². The average molecular weight is 312 g/mol. The van der Waals surface area contributed by atoms with Gasteiger partial charge >= 0.3 is 0 Å². The van der Waals surface area contributed by atoms with E-state index < -0.39 is 19.9 Å². The predicted octanol–water partition coefficient (Wildman–Crippen LogP) is -0.127. The molecule has 0 aliphatic carbocycles. The van der Waals surface area contributed by atoms with Crippen LogP contribution in [0.25, 0.3) is 0 Å². The van der Waals surface area contributed by atoms with Gasteiger partial charge in [-0.25, -0.2) is 21.6 Å². The second-order valence-corrected chi connectivity index (χ2v) is 9.28. The first-order chi connectivity index (χ1) is 8.85. The zero-order valence-corrected chi connectivity index (χ0v) is 13.0. The van der Waals surface area contributed by atoms with Crippen LogP contribution < -0.4 is 10.0 Å². The lowest BCUT2D eigenvalue weighted by atomic mass is 10.0. The molecule has 6 nitrogen and oxygen atoms in total. The molecule has 1 fully saturated rings. The predicted molar refractivity (Wildman–Crippen MR) is 76.4 cm³/mol. The maximum atomic E-state index is 11.7. The Bertz CT molecular complexity index is 453. The lowest BCUT2D eigenvalue weighted by molar-refractivity contribution is 0.392. The summed E-state index contributed by atoms with van der Waals surface area (Å²) in [6.07, 6.45) is 3.88. The molecular weight excluding hydrogens is 288 g/mol. The third kappa shape index (κ3) is 7.24. The molecule has 0 aromatic rings. The summed E-state index contributed by atoms with van der Waals surface area (Å²) >= 11 is 0. The summed E-state index contributed by atoms with van der Waals surface area (Å²) in [4.78, 5) is 0. The molecule has 0 saturated carbocycles. The molecule has 1 aliphatic rings. The van der Waals surface area contributed by atoms with E-state index in [1.807, 2.05) is 0 Å². The van der Waals surface area contributed by atoms with Crippen LogP contribution in [0.15, 0.2) is 0 Å². The van der Waals surface area contributed by atoms with Crippen molar-refractivity contribution in [3.63, 3.8) is 0 Å². The van der Waals surface area contributed by atoms with Crippen LogP contribution in [-0.2, 0) is 19.9 Å². The molecule has 1 saturated heterocycles. The average Bonchev–Trinajstić information content (AvgIpc) is 2.37. The SMILES string of the molecule is CCS(=O)(=O)CCNS(=O)(=O)CCC1CCCCN1. The van der Waals surface area contributed by atoms with E-state index in [0.717, 1.165) is 25.8 Å². The first kappa shape index (κ1) is 16.9. The van der Waals surface area contributed by atoms with E-state index in [-0.39, 0.29) is 29.8 Å². The third-order valence-corrected chi connectivity index (χ3v) is 6.45. The van der Waals surface area contributed by atoms with Gasteiger partial charge in [0.15, 0.2) is 9.84 Å².